The predicted octanol–water partition coefficient (Wildman–Crippen LogP) is 3.32. The molecule has 4 rings (SSSR count). The third-order valence-corrected chi connectivity index (χ3v) is 7.11. The number of aromatic hydroxyl groups is 1. The van der Waals surface area contributed by atoms with Crippen LogP contribution >= 0.6 is 0 Å². The summed E-state index contributed by atoms with van der Waals surface area (Å²) in [6, 6.07) is 0. The number of phenols is 1. The van der Waals surface area contributed by atoms with Crippen molar-refractivity contribution in [3.8, 4) is 11.5 Å². The lowest BCUT2D eigenvalue weighted by Crippen LogP contribution is -2.52. The third-order valence-electron chi connectivity index (χ3n) is 7.11. The van der Waals surface area contributed by atoms with E-state index in [2.05, 4.69) is 6.92 Å². The normalized spacial score (nSPS) is 29.3. The van der Waals surface area contributed by atoms with Crippen molar-refractivity contribution in [2.45, 2.75) is 58.3 Å². The van der Waals surface area contributed by atoms with Gasteiger partial charge in [-0.15, -0.1) is 0 Å². The molecule has 2 atom stereocenters. The first-order valence-electron chi connectivity index (χ1n) is 9.39. The van der Waals surface area contributed by atoms with Gasteiger partial charge in [-0.25, -0.2) is 4.79 Å². The Balaban J connectivity index is 2.01. The van der Waals surface area contributed by atoms with Crippen LogP contribution in [0.25, 0.3) is 0 Å². The zero-order valence-corrected chi connectivity index (χ0v) is 15.9. The predicted molar refractivity (Wildman–Crippen MR) is 95.8 cm³/mol. The third kappa shape index (κ3) is 2.03. The molecule has 5 nitrogen and oxygen atoms in total. The van der Waals surface area contributed by atoms with E-state index >= 15 is 0 Å². The quantitative estimate of drug-likeness (QED) is 0.780. The number of hydrogen-bond acceptors (Lipinski definition) is 5. The molecule has 0 bridgehead atoms. The number of carbonyl (C=O) groups is 2. The number of fused-ring (bicyclic) bond motifs is 5. The highest BCUT2D eigenvalue weighted by Crippen LogP contribution is 2.60. The minimum absolute atomic E-state index is 0.122. The Bertz CT molecular complexity index is 822. The summed E-state index contributed by atoms with van der Waals surface area (Å²) in [5.41, 5.74) is 2.22. The van der Waals surface area contributed by atoms with Crippen LogP contribution in [-0.2, 0) is 27.8 Å². The molecule has 0 unspecified atom stereocenters. The fraction of sp³-hybridized carbons (Fsp3) is 0.619. The molecule has 1 aromatic carbocycles. The molecule has 1 N–H and O–H groups in total. The van der Waals surface area contributed by atoms with Crippen molar-refractivity contribution in [2.24, 2.45) is 11.3 Å². The molecule has 2 aliphatic carbocycles. The molecule has 1 fully saturated rings. The molecule has 26 heavy (non-hydrogen) atoms. The first-order chi connectivity index (χ1) is 12.2. The Morgan fingerprint density at radius 3 is 2.54 bits per heavy atom. The van der Waals surface area contributed by atoms with Gasteiger partial charge < -0.3 is 14.6 Å². The van der Waals surface area contributed by atoms with Gasteiger partial charge in [-0.2, -0.15) is 0 Å². The van der Waals surface area contributed by atoms with E-state index in [0.29, 0.717) is 43.6 Å². The summed E-state index contributed by atoms with van der Waals surface area (Å²) < 4.78 is 10.8. The Morgan fingerprint density at radius 2 is 1.85 bits per heavy atom. The lowest BCUT2D eigenvalue weighted by atomic mass is 9.49. The maximum Gasteiger partial charge on any atom is 0.338 e. The van der Waals surface area contributed by atoms with Gasteiger partial charge in [0, 0.05) is 34.8 Å². The number of esters is 1. The molecule has 0 aromatic heterocycles. The Kier molecular flexibility index (Phi) is 3.66. The van der Waals surface area contributed by atoms with Gasteiger partial charge >= 0.3 is 5.97 Å². The Labute approximate surface area is 153 Å². The summed E-state index contributed by atoms with van der Waals surface area (Å²) in [6.07, 6.45) is 3.21. The first-order valence-corrected chi connectivity index (χ1v) is 9.39. The molecule has 1 saturated carbocycles. The van der Waals surface area contributed by atoms with Crippen LogP contribution in [0.5, 0.6) is 11.5 Å². The van der Waals surface area contributed by atoms with E-state index in [1.54, 1.807) is 0 Å². The molecular formula is C21H26O5. The second-order valence-corrected chi connectivity index (χ2v) is 8.63. The SMILES string of the molecule is COc1c(O)c2c(c3c1CCOC3=O)CC[C@H]1C(C)(C)C(=O)CC[C@]21C. The molecule has 0 saturated heterocycles. The number of benzene rings is 1. The van der Waals surface area contributed by atoms with Crippen LogP contribution in [-0.4, -0.2) is 30.6 Å². The number of rotatable bonds is 1. The highest BCUT2D eigenvalue weighted by molar-refractivity contribution is 5.96. The Hall–Kier alpha value is -2.04. The molecule has 1 aliphatic heterocycles. The number of Topliss-reactive ketones (excluding diaryl/α,β-unsaturated/α-hetero) is 1. The second-order valence-electron chi connectivity index (χ2n) is 8.63. The van der Waals surface area contributed by atoms with Crippen LogP contribution in [0.1, 0.15) is 67.1 Å². The molecule has 3 aliphatic rings. The topological polar surface area (TPSA) is 72.8 Å². The summed E-state index contributed by atoms with van der Waals surface area (Å²) in [4.78, 5) is 25.1. The number of ether oxygens (including phenoxy) is 2. The van der Waals surface area contributed by atoms with Crippen molar-refractivity contribution in [1.82, 2.24) is 0 Å². The lowest BCUT2D eigenvalue weighted by Gasteiger charge is -2.53. The molecule has 0 radical (unpaired) electrons. The van der Waals surface area contributed by atoms with Crippen LogP contribution in [0, 0.1) is 11.3 Å². The lowest BCUT2D eigenvalue weighted by molar-refractivity contribution is -0.137. The molecular weight excluding hydrogens is 332 g/mol. The van der Waals surface area contributed by atoms with Crippen molar-refractivity contribution in [3.63, 3.8) is 0 Å². The average molecular weight is 358 g/mol. The zero-order chi connectivity index (χ0) is 18.9. The summed E-state index contributed by atoms with van der Waals surface area (Å²) in [6.45, 7) is 6.47. The van der Waals surface area contributed by atoms with Gasteiger partial charge in [-0.3, -0.25) is 4.79 Å². The zero-order valence-electron chi connectivity index (χ0n) is 15.9. The van der Waals surface area contributed by atoms with Crippen LogP contribution < -0.4 is 4.74 Å². The minimum atomic E-state index is -0.444. The van der Waals surface area contributed by atoms with Crippen molar-refractivity contribution >= 4 is 11.8 Å². The monoisotopic (exact) mass is 358 g/mol. The van der Waals surface area contributed by atoms with E-state index in [-0.39, 0.29) is 28.8 Å². The van der Waals surface area contributed by atoms with Gasteiger partial charge in [-0.05, 0) is 30.7 Å². The maximum absolute atomic E-state index is 12.6. The first kappa shape index (κ1) is 17.4. The van der Waals surface area contributed by atoms with Crippen LogP contribution in [0.15, 0.2) is 0 Å². The van der Waals surface area contributed by atoms with Crippen LogP contribution in [0.4, 0.5) is 0 Å². The van der Waals surface area contributed by atoms with Crippen molar-refractivity contribution < 1.29 is 24.2 Å². The molecule has 140 valence electrons. The van der Waals surface area contributed by atoms with Crippen molar-refractivity contribution in [3.05, 3.63) is 22.3 Å². The maximum atomic E-state index is 12.6. The number of hydrogen-bond donors (Lipinski definition) is 1. The van der Waals surface area contributed by atoms with E-state index in [4.69, 9.17) is 9.47 Å². The van der Waals surface area contributed by atoms with Gasteiger partial charge in [0.15, 0.2) is 11.5 Å². The second kappa shape index (κ2) is 5.48. The largest absolute Gasteiger partial charge is 0.504 e. The highest BCUT2D eigenvalue weighted by atomic mass is 16.5. The number of ketones is 1. The molecule has 1 aromatic rings. The summed E-state index contributed by atoms with van der Waals surface area (Å²) in [5, 5.41) is 11.2. The number of cyclic esters (lactones) is 1. The summed E-state index contributed by atoms with van der Waals surface area (Å²) in [5.74, 6) is 0.624. The van der Waals surface area contributed by atoms with E-state index in [9.17, 15) is 14.7 Å². The number of phenolic OH excluding ortho intramolecular Hbond substituents is 1. The van der Waals surface area contributed by atoms with Crippen molar-refractivity contribution in [2.75, 3.05) is 13.7 Å². The number of methoxy groups -OCH3 is 1. The van der Waals surface area contributed by atoms with Gasteiger partial charge in [0.05, 0.1) is 19.3 Å². The minimum Gasteiger partial charge on any atom is -0.504 e. The van der Waals surface area contributed by atoms with E-state index in [1.807, 2.05) is 13.8 Å². The average Bonchev–Trinajstić information content (AvgIpc) is 2.58. The molecule has 0 spiro atoms. The fourth-order valence-corrected chi connectivity index (χ4v) is 5.84. The highest BCUT2D eigenvalue weighted by Gasteiger charge is 2.55. The molecule has 5 heteroatoms. The van der Waals surface area contributed by atoms with Gasteiger partial charge in [0.2, 0.25) is 0 Å². The van der Waals surface area contributed by atoms with E-state index in [0.717, 1.165) is 23.1 Å². The van der Waals surface area contributed by atoms with E-state index in [1.165, 1.54) is 7.11 Å². The molecule has 1 heterocycles. The van der Waals surface area contributed by atoms with Crippen LogP contribution in [0.2, 0.25) is 0 Å². The number of carbonyl (C=O) groups excluding carboxylic acids is 2. The smallest absolute Gasteiger partial charge is 0.338 e. The van der Waals surface area contributed by atoms with Gasteiger partial charge in [0.1, 0.15) is 5.78 Å². The Morgan fingerprint density at radius 1 is 1.12 bits per heavy atom. The van der Waals surface area contributed by atoms with E-state index < -0.39 is 5.41 Å². The summed E-state index contributed by atoms with van der Waals surface area (Å²) in [7, 11) is 1.53. The summed E-state index contributed by atoms with van der Waals surface area (Å²) >= 11 is 0. The van der Waals surface area contributed by atoms with Gasteiger partial charge in [-0.1, -0.05) is 20.8 Å². The van der Waals surface area contributed by atoms with Crippen molar-refractivity contribution in [1.29, 1.82) is 0 Å². The fourth-order valence-electron chi connectivity index (χ4n) is 5.84. The van der Waals surface area contributed by atoms with Gasteiger partial charge in [0.25, 0.3) is 0 Å². The standard InChI is InChI=1S/C21H26O5/c1-20(2)13-6-5-11-15-12(8-10-26-19(15)24)18(25-4)17(23)16(11)21(13,3)9-7-14(20)22/h13,23H,5-10H2,1-4H3/t13-,21-/m0/s1. The van der Waals surface area contributed by atoms with Crippen LogP contribution in [0.3, 0.4) is 0 Å². The molecule has 0 amide bonds.